The Labute approximate surface area is 186 Å². The highest BCUT2D eigenvalue weighted by atomic mass is 32.1. The van der Waals surface area contributed by atoms with E-state index in [1.54, 1.807) is 10.9 Å². The zero-order valence-corrected chi connectivity index (χ0v) is 19.0. The molecule has 2 aromatic heterocycles. The number of aryl methyl sites for hydroxylation is 3. The maximum Gasteiger partial charge on any atom is 0.262 e. The fraction of sp³-hybridized carbons (Fsp3) is 0.435. The van der Waals surface area contributed by atoms with Gasteiger partial charge in [0.25, 0.3) is 5.56 Å². The minimum absolute atomic E-state index is 0.0341. The number of thiophene rings is 1. The van der Waals surface area contributed by atoms with E-state index in [1.807, 2.05) is 19.9 Å². The van der Waals surface area contributed by atoms with Crippen molar-refractivity contribution in [2.24, 2.45) is 0 Å². The summed E-state index contributed by atoms with van der Waals surface area (Å²) in [6.45, 7) is 9.74. The van der Waals surface area contributed by atoms with E-state index in [4.69, 9.17) is 0 Å². The number of hydrogen-bond donors (Lipinski definition) is 1. The summed E-state index contributed by atoms with van der Waals surface area (Å²) in [5, 5.41) is 3.67. The van der Waals surface area contributed by atoms with Crippen LogP contribution in [0.2, 0.25) is 0 Å². The number of amides is 1. The van der Waals surface area contributed by atoms with Gasteiger partial charge in [-0.3, -0.25) is 19.1 Å². The highest BCUT2D eigenvalue weighted by Crippen LogP contribution is 2.25. The number of piperazine rings is 1. The normalized spacial score (nSPS) is 14.8. The third-order valence-corrected chi connectivity index (χ3v) is 7.09. The van der Waals surface area contributed by atoms with E-state index in [0.717, 1.165) is 48.0 Å². The van der Waals surface area contributed by atoms with Crippen molar-refractivity contribution >= 4 is 33.1 Å². The summed E-state index contributed by atoms with van der Waals surface area (Å²) in [6, 6.07) is 10.5. The monoisotopic (exact) mass is 439 g/mol. The van der Waals surface area contributed by atoms with Crippen molar-refractivity contribution in [3.8, 4) is 0 Å². The molecule has 4 rings (SSSR count). The molecule has 0 saturated carbocycles. The number of rotatable bonds is 7. The van der Waals surface area contributed by atoms with Crippen molar-refractivity contribution in [3.63, 3.8) is 0 Å². The van der Waals surface area contributed by atoms with E-state index in [1.165, 1.54) is 17.0 Å². The number of anilines is 1. The van der Waals surface area contributed by atoms with Crippen molar-refractivity contribution in [2.45, 2.75) is 26.8 Å². The fourth-order valence-electron chi connectivity index (χ4n) is 3.96. The molecular formula is C23H29N5O2S. The Morgan fingerprint density at radius 3 is 2.58 bits per heavy atom. The second-order valence-corrected chi connectivity index (χ2v) is 9.17. The molecule has 0 spiro atoms. The van der Waals surface area contributed by atoms with Crippen LogP contribution in [0, 0.1) is 13.8 Å². The molecule has 3 aromatic rings. The second-order valence-electron chi connectivity index (χ2n) is 7.97. The molecule has 1 N–H and O–H groups in total. The molecule has 1 fully saturated rings. The van der Waals surface area contributed by atoms with Crippen LogP contribution in [0.1, 0.15) is 16.9 Å². The molecule has 0 radical (unpaired) electrons. The Balaban J connectivity index is 1.20. The number of nitrogens with zero attached hydrogens (tertiary/aromatic N) is 4. The smallest absolute Gasteiger partial charge is 0.262 e. The van der Waals surface area contributed by atoms with Crippen LogP contribution in [-0.2, 0) is 11.3 Å². The van der Waals surface area contributed by atoms with Crippen LogP contribution in [0.5, 0.6) is 0 Å². The van der Waals surface area contributed by atoms with Gasteiger partial charge in [-0.2, -0.15) is 0 Å². The Bertz CT molecular complexity index is 1100. The fourth-order valence-corrected chi connectivity index (χ4v) is 4.95. The number of benzene rings is 1. The van der Waals surface area contributed by atoms with Crippen molar-refractivity contribution in [1.29, 1.82) is 0 Å². The number of aromatic nitrogens is 2. The van der Waals surface area contributed by atoms with Crippen molar-refractivity contribution < 1.29 is 4.79 Å². The lowest BCUT2D eigenvalue weighted by Gasteiger charge is -2.36. The summed E-state index contributed by atoms with van der Waals surface area (Å²) in [5.41, 5.74) is 2.20. The molecule has 0 bridgehead atoms. The first kappa shape index (κ1) is 21.5. The zero-order chi connectivity index (χ0) is 21.8. The molecule has 3 heterocycles. The first-order valence-electron chi connectivity index (χ1n) is 10.8. The lowest BCUT2D eigenvalue weighted by Crippen LogP contribution is -2.48. The van der Waals surface area contributed by atoms with Gasteiger partial charge in [-0.15, -0.1) is 11.3 Å². The summed E-state index contributed by atoms with van der Waals surface area (Å²) in [4.78, 5) is 36.0. The van der Waals surface area contributed by atoms with E-state index in [0.29, 0.717) is 18.5 Å². The Kier molecular flexibility index (Phi) is 6.67. The minimum atomic E-state index is -0.0593. The largest absolute Gasteiger partial charge is 0.369 e. The summed E-state index contributed by atoms with van der Waals surface area (Å²) in [6.07, 6.45) is 1.83. The van der Waals surface area contributed by atoms with Crippen molar-refractivity contribution in [2.75, 3.05) is 44.2 Å². The van der Waals surface area contributed by atoms with Gasteiger partial charge in [-0.05, 0) is 31.5 Å². The van der Waals surface area contributed by atoms with E-state index in [2.05, 4.69) is 44.4 Å². The van der Waals surface area contributed by atoms with Crippen LogP contribution in [0.25, 0.3) is 10.2 Å². The number of carbonyl (C=O) groups is 1. The molecule has 1 saturated heterocycles. The van der Waals surface area contributed by atoms with Gasteiger partial charge in [0.1, 0.15) is 4.83 Å². The quantitative estimate of drug-likeness (QED) is 0.612. The van der Waals surface area contributed by atoms with Gasteiger partial charge in [-0.1, -0.05) is 18.2 Å². The molecule has 164 valence electrons. The number of para-hydroxylation sites is 1. The molecule has 0 atom stereocenters. The SMILES string of the molecule is Cc1sc2ncn(CCC(=O)NCCN3CCN(c4ccccc4)CC3)c(=O)c2c1C. The molecule has 8 heteroatoms. The second kappa shape index (κ2) is 9.62. The minimum Gasteiger partial charge on any atom is -0.369 e. The average Bonchev–Trinajstić information content (AvgIpc) is 3.08. The molecular weight excluding hydrogens is 410 g/mol. The first-order chi connectivity index (χ1) is 15.0. The van der Waals surface area contributed by atoms with Gasteiger partial charge in [0, 0.05) is 62.8 Å². The first-order valence-corrected chi connectivity index (χ1v) is 11.6. The van der Waals surface area contributed by atoms with Gasteiger partial charge in [0.2, 0.25) is 5.91 Å². The van der Waals surface area contributed by atoms with Gasteiger partial charge in [0.15, 0.2) is 0 Å². The van der Waals surface area contributed by atoms with E-state index in [-0.39, 0.29) is 17.9 Å². The number of fused-ring (bicyclic) bond motifs is 1. The van der Waals surface area contributed by atoms with Crippen LogP contribution in [0.15, 0.2) is 41.5 Å². The highest BCUT2D eigenvalue weighted by molar-refractivity contribution is 7.18. The summed E-state index contributed by atoms with van der Waals surface area (Å²) in [5.74, 6) is -0.0341. The van der Waals surface area contributed by atoms with Gasteiger partial charge < -0.3 is 10.2 Å². The lowest BCUT2D eigenvalue weighted by atomic mass is 10.2. The lowest BCUT2D eigenvalue weighted by molar-refractivity contribution is -0.121. The van der Waals surface area contributed by atoms with Crippen LogP contribution in [-0.4, -0.2) is 59.6 Å². The molecule has 0 unspecified atom stereocenters. The molecule has 1 aliphatic rings. The van der Waals surface area contributed by atoms with E-state index >= 15 is 0 Å². The molecule has 1 aromatic carbocycles. The third-order valence-electron chi connectivity index (χ3n) is 5.98. The third kappa shape index (κ3) is 4.97. The maximum absolute atomic E-state index is 12.7. The predicted octanol–water partition coefficient (Wildman–Crippen LogP) is 2.40. The number of carbonyl (C=O) groups excluding carboxylic acids is 1. The Morgan fingerprint density at radius 2 is 1.84 bits per heavy atom. The molecule has 1 aliphatic heterocycles. The molecule has 1 amide bonds. The Morgan fingerprint density at radius 1 is 1.10 bits per heavy atom. The number of nitrogens with one attached hydrogen (secondary N) is 1. The van der Waals surface area contributed by atoms with Crippen LogP contribution in [0.4, 0.5) is 5.69 Å². The number of hydrogen-bond acceptors (Lipinski definition) is 6. The summed E-state index contributed by atoms with van der Waals surface area (Å²) < 4.78 is 1.55. The van der Waals surface area contributed by atoms with Crippen LogP contribution in [0.3, 0.4) is 0 Å². The summed E-state index contributed by atoms with van der Waals surface area (Å²) in [7, 11) is 0. The average molecular weight is 440 g/mol. The zero-order valence-electron chi connectivity index (χ0n) is 18.1. The van der Waals surface area contributed by atoms with Gasteiger partial charge in [-0.25, -0.2) is 4.98 Å². The van der Waals surface area contributed by atoms with Crippen LogP contribution >= 0.6 is 11.3 Å². The van der Waals surface area contributed by atoms with Crippen LogP contribution < -0.4 is 15.8 Å². The van der Waals surface area contributed by atoms with Crippen molar-refractivity contribution in [1.82, 2.24) is 19.8 Å². The molecule has 7 nitrogen and oxygen atoms in total. The van der Waals surface area contributed by atoms with Gasteiger partial charge >= 0.3 is 0 Å². The standard InChI is InChI=1S/C23H29N5O2S/c1-17-18(2)31-22-21(17)23(30)28(16-25-22)10-8-20(29)24-9-11-26-12-14-27(15-13-26)19-6-4-3-5-7-19/h3-7,16H,8-15H2,1-2H3,(H,24,29). The maximum atomic E-state index is 12.7. The predicted molar refractivity (Wildman–Crippen MR) is 126 cm³/mol. The summed E-state index contributed by atoms with van der Waals surface area (Å²) >= 11 is 1.54. The Hall–Kier alpha value is -2.71. The van der Waals surface area contributed by atoms with E-state index in [9.17, 15) is 9.59 Å². The highest BCUT2D eigenvalue weighted by Gasteiger charge is 2.17. The molecule has 0 aliphatic carbocycles. The van der Waals surface area contributed by atoms with E-state index < -0.39 is 0 Å². The topological polar surface area (TPSA) is 70.5 Å². The van der Waals surface area contributed by atoms with Crippen molar-refractivity contribution in [3.05, 3.63) is 57.5 Å². The molecule has 31 heavy (non-hydrogen) atoms. The van der Waals surface area contributed by atoms with Gasteiger partial charge in [0.05, 0.1) is 11.7 Å².